The molecule has 0 spiro atoms. The SMILES string of the molecule is O=C1CCC(Cc2ccc(O)c(OC3OC(C(=O)O)C(O)C(O)C3O)c2)O1. The number of carbonyl (C=O) groups is 2. The van der Waals surface area contributed by atoms with Crippen molar-refractivity contribution in [3.05, 3.63) is 23.8 Å². The molecule has 10 heteroatoms. The number of rotatable bonds is 5. The Balaban J connectivity index is 1.74. The maximum absolute atomic E-state index is 11.2. The van der Waals surface area contributed by atoms with Gasteiger partial charge in [-0.1, -0.05) is 6.07 Å². The van der Waals surface area contributed by atoms with Gasteiger partial charge in [0.25, 0.3) is 0 Å². The van der Waals surface area contributed by atoms with Crippen molar-refractivity contribution in [2.45, 2.75) is 56.1 Å². The Morgan fingerprint density at radius 1 is 1.19 bits per heavy atom. The maximum atomic E-state index is 11.2. The van der Waals surface area contributed by atoms with E-state index in [0.717, 1.165) is 0 Å². The third-order valence-corrected chi connectivity index (χ3v) is 4.51. The molecule has 0 aliphatic carbocycles. The summed E-state index contributed by atoms with van der Waals surface area (Å²) in [5.41, 5.74) is 0.670. The van der Waals surface area contributed by atoms with Gasteiger partial charge in [-0.3, -0.25) is 4.79 Å². The van der Waals surface area contributed by atoms with Crippen LogP contribution in [0.5, 0.6) is 11.5 Å². The second-order valence-corrected chi connectivity index (χ2v) is 6.51. The molecule has 6 atom stereocenters. The van der Waals surface area contributed by atoms with E-state index in [1.807, 2.05) is 0 Å². The lowest BCUT2D eigenvalue weighted by atomic mass is 9.99. The van der Waals surface area contributed by atoms with Gasteiger partial charge in [0.15, 0.2) is 17.6 Å². The number of aliphatic carboxylic acids is 1. The topological polar surface area (TPSA) is 163 Å². The molecule has 1 aromatic carbocycles. The van der Waals surface area contributed by atoms with E-state index in [1.54, 1.807) is 6.07 Å². The minimum Gasteiger partial charge on any atom is -0.504 e. The van der Waals surface area contributed by atoms with Crippen LogP contribution in [0, 0.1) is 0 Å². The second-order valence-electron chi connectivity index (χ2n) is 6.51. The molecule has 2 heterocycles. The number of carboxylic acids is 1. The van der Waals surface area contributed by atoms with Crippen LogP contribution >= 0.6 is 0 Å². The lowest BCUT2D eigenvalue weighted by Gasteiger charge is -2.38. The number of phenolic OH excluding ortho intramolecular Hbond substituents is 1. The Hall–Kier alpha value is -2.40. The van der Waals surface area contributed by atoms with E-state index in [2.05, 4.69) is 0 Å². The Morgan fingerprint density at radius 2 is 1.93 bits per heavy atom. The average Bonchev–Trinajstić information content (AvgIpc) is 3.02. The van der Waals surface area contributed by atoms with E-state index in [9.17, 15) is 30.0 Å². The molecule has 0 amide bonds. The van der Waals surface area contributed by atoms with Crippen molar-refractivity contribution < 1.29 is 49.3 Å². The first kappa shape index (κ1) is 19.4. The summed E-state index contributed by atoms with van der Waals surface area (Å²) in [6.45, 7) is 0. The fraction of sp³-hybridized carbons (Fsp3) is 0.529. The highest BCUT2D eigenvalue weighted by Gasteiger charge is 2.48. The molecule has 2 saturated heterocycles. The van der Waals surface area contributed by atoms with E-state index in [4.69, 9.17) is 19.3 Å². The molecule has 10 nitrogen and oxygen atoms in total. The number of cyclic esters (lactones) is 1. The minimum absolute atomic E-state index is 0.117. The molecular formula is C17H20O10. The molecule has 0 bridgehead atoms. The van der Waals surface area contributed by atoms with Crippen molar-refractivity contribution in [2.75, 3.05) is 0 Å². The molecule has 0 radical (unpaired) electrons. The number of benzene rings is 1. The zero-order valence-corrected chi connectivity index (χ0v) is 14.1. The first-order chi connectivity index (χ1) is 12.8. The number of hydrogen-bond acceptors (Lipinski definition) is 9. The number of carboxylic acid groups (broad SMARTS) is 1. The predicted molar refractivity (Wildman–Crippen MR) is 85.9 cm³/mol. The highest BCUT2D eigenvalue weighted by molar-refractivity contribution is 5.73. The average molecular weight is 384 g/mol. The van der Waals surface area contributed by atoms with Crippen LogP contribution in [0.15, 0.2) is 18.2 Å². The molecule has 0 aromatic heterocycles. The summed E-state index contributed by atoms with van der Waals surface area (Å²) in [6, 6.07) is 4.37. The Bertz CT molecular complexity index is 720. The van der Waals surface area contributed by atoms with Crippen LogP contribution in [0.2, 0.25) is 0 Å². The molecule has 5 N–H and O–H groups in total. The highest BCUT2D eigenvalue weighted by Crippen LogP contribution is 2.32. The van der Waals surface area contributed by atoms with Gasteiger partial charge in [0.2, 0.25) is 6.29 Å². The van der Waals surface area contributed by atoms with Gasteiger partial charge in [-0.25, -0.2) is 4.79 Å². The lowest BCUT2D eigenvalue weighted by molar-refractivity contribution is -0.271. The van der Waals surface area contributed by atoms with Crippen molar-refractivity contribution in [1.82, 2.24) is 0 Å². The van der Waals surface area contributed by atoms with Gasteiger partial charge >= 0.3 is 11.9 Å². The first-order valence-electron chi connectivity index (χ1n) is 8.36. The number of aromatic hydroxyl groups is 1. The Morgan fingerprint density at radius 3 is 2.56 bits per heavy atom. The van der Waals surface area contributed by atoms with Crippen molar-refractivity contribution in [1.29, 1.82) is 0 Å². The maximum Gasteiger partial charge on any atom is 0.335 e. The summed E-state index contributed by atoms with van der Waals surface area (Å²) in [5.74, 6) is -2.23. The number of aliphatic hydroxyl groups is 3. The summed E-state index contributed by atoms with van der Waals surface area (Å²) < 4.78 is 15.5. The number of carbonyl (C=O) groups excluding carboxylic acids is 1. The smallest absolute Gasteiger partial charge is 0.335 e. The van der Waals surface area contributed by atoms with Gasteiger partial charge in [-0.05, 0) is 24.1 Å². The predicted octanol–water partition coefficient (Wildman–Crippen LogP) is -1.09. The van der Waals surface area contributed by atoms with Crippen LogP contribution in [-0.2, 0) is 25.5 Å². The van der Waals surface area contributed by atoms with Crippen LogP contribution in [0.1, 0.15) is 18.4 Å². The number of hydrogen-bond donors (Lipinski definition) is 5. The Kier molecular flexibility index (Phi) is 5.51. The second kappa shape index (κ2) is 7.69. The van der Waals surface area contributed by atoms with Crippen LogP contribution in [0.4, 0.5) is 0 Å². The van der Waals surface area contributed by atoms with Gasteiger partial charge in [0.05, 0.1) is 0 Å². The molecule has 0 saturated carbocycles. The van der Waals surface area contributed by atoms with Gasteiger partial charge in [0, 0.05) is 12.8 Å². The van der Waals surface area contributed by atoms with Gasteiger partial charge < -0.3 is 39.7 Å². The van der Waals surface area contributed by atoms with Crippen molar-refractivity contribution in [3.8, 4) is 11.5 Å². The number of aliphatic hydroxyl groups excluding tert-OH is 3. The standard InChI is InChI=1S/C17H20O10/c18-9-3-1-7(5-8-2-4-11(19)25-8)6-10(9)26-17-14(22)12(20)13(21)15(27-17)16(23)24/h1,3,6,8,12-15,17-18,20-22H,2,4-5H2,(H,23,24). The zero-order valence-electron chi connectivity index (χ0n) is 14.1. The van der Waals surface area contributed by atoms with Gasteiger partial charge in [0.1, 0.15) is 24.4 Å². The van der Waals surface area contributed by atoms with Crippen molar-refractivity contribution in [2.24, 2.45) is 0 Å². The number of phenols is 1. The number of ether oxygens (including phenoxy) is 3. The van der Waals surface area contributed by atoms with E-state index in [0.29, 0.717) is 24.8 Å². The van der Waals surface area contributed by atoms with Crippen molar-refractivity contribution in [3.63, 3.8) is 0 Å². The van der Waals surface area contributed by atoms with Crippen molar-refractivity contribution >= 4 is 11.9 Å². The normalized spacial score (nSPS) is 33.5. The molecule has 2 aliphatic heterocycles. The third-order valence-electron chi connectivity index (χ3n) is 4.51. The lowest BCUT2D eigenvalue weighted by Crippen LogP contribution is -2.61. The molecule has 2 aliphatic rings. The van der Waals surface area contributed by atoms with E-state index in [1.165, 1.54) is 12.1 Å². The van der Waals surface area contributed by atoms with Crippen LogP contribution < -0.4 is 4.74 Å². The largest absolute Gasteiger partial charge is 0.504 e. The van der Waals surface area contributed by atoms with Crippen LogP contribution in [0.3, 0.4) is 0 Å². The fourth-order valence-electron chi connectivity index (χ4n) is 3.04. The number of esters is 1. The summed E-state index contributed by atoms with van der Waals surface area (Å²) in [5, 5.41) is 48.5. The highest BCUT2D eigenvalue weighted by atomic mass is 16.7. The molecule has 27 heavy (non-hydrogen) atoms. The molecule has 3 rings (SSSR count). The van der Waals surface area contributed by atoms with E-state index in [-0.39, 0.29) is 23.6 Å². The summed E-state index contributed by atoms with van der Waals surface area (Å²) in [4.78, 5) is 22.3. The molecule has 6 unspecified atom stereocenters. The summed E-state index contributed by atoms with van der Waals surface area (Å²) in [7, 11) is 0. The molecule has 2 fully saturated rings. The summed E-state index contributed by atoms with van der Waals surface area (Å²) >= 11 is 0. The zero-order chi connectivity index (χ0) is 19.7. The minimum atomic E-state index is -1.84. The van der Waals surface area contributed by atoms with E-state index < -0.39 is 36.7 Å². The van der Waals surface area contributed by atoms with Gasteiger partial charge in [-0.2, -0.15) is 0 Å². The molecular weight excluding hydrogens is 364 g/mol. The summed E-state index contributed by atoms with van der Waals surface area (Å²) in [6.07, 6.45) is -7.83. The monoisotopic (exact) mass is 384 g/mol. The fourth-order valence-corrected chi connectivity index (χ4v) is 3.04. The van der Waals surface area contributed by atoms with Crippen LogP contribution in [0.25, 0.3) is 0 Å². The van der Waals surface area contributed by atoms with E-state index >= 15 is 0 Å². The molecule has 1 aromatic rings. The van der Waals surface area contributed by atoms with Gasteiger partial charge in [-0.15, -0.1) is 0 Å². The molecule has 148 valence electrons. The first-order valence-corrected chi connectivity index (χ1v) is 8.36. The quantitative estimate of drug-likeness (QED) is 0.394. The Labute approximate surface area is 153 Å². The van der Waals surface area contributed by atoms with Crippen LogP contribution in [-0.4, -0.2) is 74.3 Å². The third kappa shape index (κ3) is 4.14.